The van der Waals surface area contributed by atoms with Gasteiger partial charge in [-0.2, -0.15) is 0 Å². The maximum atomic E-state index is 5.25. The Morgan fingerprint density at radius 3 is 2.62 bits per heavy atom. The first-order chi connectivity index (χ1) is 10.0. The van der Waals surface area contributed by atoms with Crippen LogP contribution in [0.25, 0.3) is 0 Å². The Labute approximate surface area is 129 Å². The second-order valence-corrected chi connectivity index (χ2v) is 6.36. The molecule has 0 atom stereocenters. The summed E-state index contributed by atoms with van der Waals surface area (Å²) in [5.74, 6) is 1.27. The summed E-state index contributed by atoms with van der Waals surface area (Å²) in [7, 11) is 1.76. The molecule has 4 nitrogen and oxygen atoms in total. The number of nitrogens with zero attached hydrogens (tertiary/aromatic N) is 2. The number of rotatable bonds is 10. The molecule has 1 N–H and O–H groups in total. The number of aromatic nitrogens is 1. The van der Waals surface area contributed by atoms with Crippen molar-refractivity contribution >= 4 is 5.69 Å². The lowest BCUT2D eigenvalue weighted by Crippen LogP contribution is -2.32. The van der Waals surface area contributed by atoms with Crippen molar-refractivity contribution in [2.24, 2.45) is 11.8 Å². The van der Waals surface area contributed by atoms with E-state index in [1.54, 1.807) is 7.11 Å². The quantitative estimate of drug-likeness (QED) is 0.720. The Kier molecular flexibility index (Phi) is 8.31. The van der Waals surface area contributed by atoms with Crippen LogP contribution in [0.5, 0.6) is 0 Å². The molecule has 4 heteroatoms. The minimum atomic E-state index is 0.617. The summed E-state index contributed by atoms with van der Waals surface area (Å²) in [6, 6.07) is 2.12. The topological polar surface area (TPSA) is 37.4 Å². The van der Waals surface area contributed by atoms with Crippen molar-refractivity contribution in [3.05, 3.63) is 24.0 Å². The van der Waals surface area contributed by atoms with E-state index >= 15 is 0 Å². The molecule has 1 aromatic heterocycles. The summed E-state index contributed by atoms with van der Waals surface area (Å²) in [5, 5.41) is 3.51. The number of ether oxygens (including phenoxy) is 1. The highest BCUT2D eigenvalue weighted by Gasteiger charge is 2.12. The highest BCUT2D eigenvalue weighted by atomic mass is 16.5. The van der Waals surface area contributed by atoms with E-state index in [0.717, 1.165) is 32.8 Å². The molecule has 0 unspecified atom stereocenters. The first-order valence-corrected chi connectivity index (χ1v) is 7.92. The lowest BCUT2D eigenvalue weighted by Gasteiger charge is -2.28. The molecule has 0 aliphatic rings. The minimum absolute atomic E-state index is 0.617. The highest BCUT2D eigenvalue weighted by molar-refractivity contribution is 5.52. The Bertz CT molecular complexity index is 393. The fourth-order valence-corrected chi connectivity index (χ4v) is 2.31. The van der Waals surface area contributed by atoms with Gasteiger partial charge in [0, 0.05) is 50.4 Å². The molecular weight excluding hydrogens is 262 g/mol. The van der Waals surface area contributed by atoms with Gasteiger partial charge in [-0.3, -0.25) is 4.98 Å². The van der Waals surface area contributed by atoms with Crippen molar-refractivity contribution in [3.63, 3.8) is 0 Å². The van der Waals surface area contributed by atoms with Crippen LogP contribution in [0.2, 0.25) is 0 Å². The van der Waals surface area contributed by atoms with Crippen molar-refractivity contribution in [1.82, 2.24) is 10.3 Å². The zero-order chi connectivity index (χ0) is 15.7. The van der Waals surface area contributed by atoms with Gasteiger partial charge in [0.25, 0.3) is 0 Å². The van der Waals surface area contributed by atoms with E-state index in [4.69, 9.17) is 4.74 Å². The molecule has 0 saturated carbocycles. The molecule has 120 valence electrons. The molecule has 0 aromatic carbocycles. The third-order valence-electron chi connectivity index (χ3n) is 3.24. The van der Waals surface area contributed by atoms with Crippen LogP contribution >= 0.6 is 0 Å². The van der Waals surface area contributed by atoms with Gasteiger partial charge in [-0.1, -0.05) is 27.7 Å². The van der Waals surface area contributed by atoms with Gasteiger partial charge >= 0.3 is 0 Å². The second-order valence-electron chi connectivity index (χ2n) is 6.36. The SMILES string of the molecule is COCCN(CC(C)C)c1ccncc1CNCC(C)C. The van der Waals surface area contributed by atoms with E-state index in [1.165, 1.54) is 11.3 Å². The summed E-state index contributed by atoms with van der Waals surface area (Å²) < 4.78 is 5.25. The smallest absolute Gasteiger partial charge is 0.0637 e. The largest absolute Gasteiger partial charge is 0.383 e. The molecule has 0 aliphatic carbocycles. The van der Waals surface area contributed by atoms with E-state index < -0.39 is 0 Å². The lowest BCUT2D eigenvalue weighted by atomic mass is 10.1. The first kappa shape index (κ1) is 17.9. The van der Waals surface area contributed by atoms with Crippen molar-refractivity contribution in [2.75, 3.05) is 38.3 Å². The van der Waals surface area contributed by atoms with Crippen LogP contribution in [0.3, 0.4) is 0 Å². The predicted molar refractivity (Wildman–Crippen MR) is 89.7 cm³/mol. The van der Waals surface area contributed by atoms with Gasteiger partial charge < -0.3 is 15.0 Å². The van der Waals surface area contributed by atoms with E-state index in [0.29, 0.717) is 11.8 Å². The summed E-state index contributed by atoms with van der Waals surface area (Å²) in [5.41, 5.74) is 2.53. The molecule has 0 aliphatic heterocycles. The van der Waals surface area contributed by atoms with Crippen molar-refractivity contribution in [3.8, 4) is 0 Å². The average molecular weight is 293 g/mol. The molecule has 1 heterocycles. The van der Waals surface area contributed by atoms with E-state index in [-0.39, 0.29) is 0 Å². The van der Waals surface area contributed by atoms with Crippen LogP contribution in [0, 0.1) is 11.8 Å². The van der Waals surface area contributed by atoms with Gasteiger partial charge in [0.2, 0.25) is 0 Å². The lowest BCUT2D eigenvalue weighted by molar-refractivity contribution is 0.204. The fourth-order valence-electron chi connectivity index (χ4n) is 2.31. The van der Waals surface area contributed by atoms with Gasteiger partial charge in [-0.15, -0.1) is 0 Å². The molecule has 0 amide bonds. The number of pyridine rings is 1. The van der Waals surface area contributed by atoms with Crippen LogP contribution in [0.4, 0.5) is 5.69 Å². The zero-order valence-corrected chi connectivity index (χ0v) is 14.2. The van der Waals surface area contributed by atoms with E-state index in [1.807, 2.05) is 12.4 Å². The Morgan fingerprint density at radius 2 is 2.00 bits per heavy atom. The predicted octanol–water partition coefficient (Wildman–Crippen LogP) is 2.94. The molecular formula is C17H31N3O. The van der Waals surface area contributed by atoms with Crippen molar-refractivity contribution in [1.29, 1.82) is 0 Å². The summed E-state index contributed by atoms with van der Waals surface area (Å²) in [6.45, 7) is 13.5. The number of hydrogen-bond donors (Lipinski definition) is 1. The summed E-state index contributed by atoms with van der Waals surface area (Å²) in [6.07, 6.45) is 3.85. The average Bonchev–Trinajstić information content (AvgIpc) is 2.43. The molecule has 0 spiro atoms. The summed E-state index contributed by atoms with van der Waals surface area (Å²) >= 11 is 0. The van der Waals surface area contributed by atoms with Gasteiger partial charge in [-0.05, 0) is 24.4 Å². The Morgan fingerprint density at radius 1 is 1.24 bits per heavy atom. The summed E-state index contributed by atoms with van der Waals surface area (Å²) in [4.78, 5) is 6.69. The third-order valence-corrected chi connectivity index (χ3v) is 3.24. The van der Waals surface area contributed by atoms with Gasteiger partial charge in [0.1, 0.15) is 0 Å². The van der Waals surface area contributed by atoms with Crippen molar-refractivity contribution < 1.29 is 4.74 Å². The van der Waals surface area contributed by atoms with Crippen LogP contribution in [0.1, 0.15) is 33.3 Å². The van der Waals surface area contributed by atoms with Gasteiger partial charge in [0.15, 0.2) is 0 Å². The number of anilines is 1. The molecule has 21 heavy (non-hydrogen) atoms. The zero-order valence-electron chi connectivity index (χ0n) is 14.2. The monoisotopic (exact) mass is 293 g/mol. The van der Waals surface area contributed by atoms with Gasteiger partial charge in [0.05, 0.1) is 6.61 Å². The van der Waals surface area contributed by atoms with Crippen LogP contribution in [-0.2, 0) is 11.3 Å². The Hall–Kier alpha value is -1.13. The maximum absolute atomic E-state index is 5.25. The molecule has 1 rings (SSSR count). The first-order valence-electron chi connectivity index (χ1n) is 7.92. The molecule has 0 fully saturated rings. The third kappa shape index (κ3) is 6.91. The molecule has 0 bridgehead atoms. The van der Waals surface area contributed by atoms with Crippen LogP contribution in [0.15, 0.2) is 18.5 Å². The van der Waals surface area contributed by atoms with E-state index in [2.05, 4.69) is 49.0 Å². The molecule has 0 saturated heterocycles. The van der Waals surface area contributed by atoms with Crippen molar-refractivity contribution in [2.45, 2.75) is 34.2 Å². The van der Waals surface area contributed by atoms with Crippen LogP contribution < -0.4 is 10.2 Å². The normalized spacial score (nSPS) is 11.4. The molecule has 1 aromatic rings. The Balaban J connectivity index is 2.80. The van der Waals surface area contributed by atoms with Gasteiger partial charge in [-0.25, -0.2) is 0 Å². The number of methoxy groups -OCH3 is 1. The van der Waals surface area contributed by atoms with E-state index in [9.17, 15) is 0 Å². The standard InChI is InChI=1S/C17H31N3O/c1-14(2)10-19-12-16-11-18-7-6-17(16)20(8-9-21-5)13-15(3)4/h6-7,11,14-15,19H,8-10,12-13H2,1-5H3. The second kappa shape index (κ2) is 9.74. The molecule has 0 radical (unpaired) electrons. The number of hydrogen-bond acceptors (Lipinski definition) is 4. The fraction of sp³-hybridized carbons (Fsp3) is 0.706. The van der Waals surface area contributed by atoms with Crippen LogP contribution in [-0.4, -0.2) is 38.3 Å². The number of nitrogens with one attached hydrogen (secondary N) is 1. The highest BCUT2D eigenvalue weighted by Crippen LogP contribution is 2.20. The maximum Gasteiger partial charge on any atom is 0.0637 e. The minimum Gasteiger partial charge on any atom is -0.383 e.